The van der Waals surface area contributed by atoms with E-state index in [2.05, 4.69) is 56.0 Å². The zero-order chi connectivity index (χ0) is 21.5. The van der Waals surface area contributed by atoms with Gasteiger partial charge in [-0.15, -0.1) is 35.3 Å². The smallest absolute Gasteiger partial charge is 0.191 e. The molecule has 0 aliphatic carbocycles. The minimum absolute atomic E-state index is 0. The zero-order valence-corrected chi connectivity index (χ0v) is 21.8. The molecule has 1 saturated heterocycles. The van der Waals surface area contributed by atoms with Crippen LogP contribution in [0.2, 0.25) is 0 Å². The monoisotopic (exact) mass is 565 g/mol. The standard InChI is InChI=1S/C23H31N7S.HI/c1-3-24-23(28-17-20(21-7-6-14-31-21)29-11-4-5-12-29)27-16-19-8-9-22(26-15-19)30-13-10-25-18(30)2;/h6-10,13-15,20H,3-5,11-12,16-17H2,1-2H3,(H2,24,27,28);1H. The zero-order valence-electron chi connectivity index (χ0n) is 18.7. The van der Waals surface area contributed by atoms with E-state index in [1.807, 2.05) is 41.3 Å². The molecule has 7 nitrogen and oxygen atoms in total. The van der Waals surface area contributed by atoms with E-state index in [4.69, 9.17) is 4.99 Å². The lowest BCUT2D eigenvalue weighted by Gasteiger charge is -2.27. The Bertz CT molecular complexity index is 963. The lowest BCUT2D eigenvalue weighted by Crippen LogP contribution is -2.42. The van der Waals surface area contributed by atoms with Crippen LogP contribution in [0.1, 0.15) is 42.1 Å². The quantitative estimate of drug-likeness (QED) is 0.244. The number of guanidine groups is 1. The SMILES string of the molecule is CCNC(=NCc1ccc(-n2ccnc2C)nc1)NCC(c1cccs1)N1CCCC1.I. The summed E-state index contributed by atoms with van der Waals surface area (Å²) in [6.45, 7) is 8.68. The molecule has 32 heavy (non-hydrogen) atoms. The highest BCUT2D eigenvalue weighted by atomic mass is 127. The van der Waals surface area contributed by atoms with Gasteiger partial charge in [0.05, 0.1) is 12.6 Å². The number of halogens is 1. The molecule has 2 N–H and O–H groups in total. The lowest BCUT2D eigenvalue weighted by molar-refractivity contribution is 0.249. The van der Waals surface area contributed by atoms with Crippen LogP contribution in [0.25, 0.3) is 5.82 Å². The van der Waals surface area contributed by atoms with Gasteiger partial charge in [0.2, 0.25) is 0 Å². The summed E-state index contributed by atoms with van der Waals surface area (Å²) in [6.07, 6.45) is 8.18. The summed E-state index contributed by atoms with van der Waals surface area (Å²) in [4.78, 5) is 17.6. The van der Waals surface area contributed by atoms with E-state index >= 15 is 0 Å². The summed E-state index contributed by atoms with van der Waals surface area (Å²) in [5.74, 6) is 2.64. The number of likely N-dealkylation sites (tertiary alicyclic amines) is 1. The Morgan fingerprint density at radius 3 is 2.66 bits per heavy atom. The molecule has 1 aliphatic heterocycles. The molecule has 0 aromatic carbocycles. The molecule has 172 valence electrons. The van der Waals surface area contributed by atoms with Gasteiger partial charge < -0.3 is 10.6 Å². The van der Waals surface area contributed by atoms with Crippen molar-refractivity contribution in [1.82, 2.24) is 30.1 Å². The van der Waals surface area contributed by atoms with Gasteiger partial charge in [-0.05, 0) is 62.9 Å². The second-order valence-electron chi connectivity index (χ2n) is 7.72. The molecule has 0 bridgehead atoms. The predicted molar refractivity (Wildman–Crippen MR) is 142 cm³/mol. The van der Waals surface area contributed by atoms with Crippen molar-refractivity contribution >= 4 is 41.3 Å². The number of aryl methyl sites for hydroxylation is 1. The normalized spacial score (nSPS) is 15.4. The fourth-order valence-electron chi connectivity index (χ4n) is 3.92. The first-order valence-corrected chi connectivity index (χ1v) is 11.9. The lowest BCUT2D eigenvalue weighted by atomic mass is 10.2. The van der Waals surface area contributed by atoms with E-state index in [1.165, 1.54) is 30.8 Å². The molecule has 9 heteroatoms. The van der Waals surface area contributed by atoms with Gasteiger partial charge in [0, 0.05) is 36.6 Å². The Morgan fingerprint density at radius 1 is 1.19 bits per heavy atom. The molecule has 3 aromatic heterocycles. The molecular weight excluding hydrogens is 533 g/mol. The highest BCUT2D eigenvalue weighted by molar-refractivity contribution is 14.0. The number of hydrogen-bond donors (Lipinski definition) is 2. The first kappa shape index (κ1) is 24.7. The highest BCUT2D eigenvalue weighted by Gasteiger charge is 2.24. The summed E-state index contributed by atoms with van der Waals surface area (Å²) < 4.78 is 1.97. The van der Waals surface area contributed by atoms with Gasteiger partial charge in [-0.2, -0.15) is 0 Å². The van der Waals surface area contributed by atoms with Gasteiger partial charge in [-0.3, -0.25) is 9.47 Å². The molecule has 0 saturated carbocycles. The molecule has 0 spiro atoms. The Kier molecular flexibility index (Phi) is 9.49. The predicted octanol–water partition coefficient (Wildman–Crippen LogP) is 4.15. The van der Waals surface area contributed by atoms with Gasteiger partial charge >= 0.3 is 0 Å². The molecule has 1 fully saturated rings. The van der Waals surface area contributed by atoms with Crippen LogP contribution in [0.5, 0.6) is 0 Å². The summed E-state index contributed by atoms with van der Waals surface area (Å²) in [7, 11) is 0. The Labute approximate surface area is 211 Å². The number of thiophene rings is 1. The van der Waals surface area contributed by atoms with Crippen LogP contribution in [0.3, 0.4) is 0 Å². The van der Waals surface area contributed by atoms with Crippen molar-refractivity contribution in [2.75, 3.05) is 26.2 Å². The van der Waals surface area contributed by atoms with E-state index in [9.17, 15) is 0 Å². The van der Waals surface area contributed by atoms with Crippen LogP contribution in [-0.4, -0.2) is 51.6 Å². The van der Waals surface area contributed by atoms with Gasteiger partial charge in [-0.1, -0.05) is 12.1 Å². The first-order chi connectivity index (χ1) is 15.2. The molecule has 4 rings (SSSR count). The third-order valence-corrected chi connectivity index (χ3v) is 6.54. The topological polar surface area (TPSA) is 70.4 Å². The Hall–Kier alpha value is -1.98. The maximum atomic E-state index is 4.79. The number of imidazole rings is 1. The van der Waals surface area contributed by atoms with Gasteiger partial charge in [-0.25, -0.2) is 15.0 Å². The van der Waals surface area contributed by atoms with E-state index in [0.717, 1.165) is 36.3 Å². The maximum absolute atomic E-state index is 4.79. The number of hydrogen-bond acceptors (Lipinski definition) is 5. The van der Waals surface area contributed by atoms with Crippen LogP contribution in [0, 0.1) is 6.92 Å². The second-order valence-corrected chi connectivity index (χ2v) is 8.70. The average molecular weight is 566 g/mol. The van der Waals surface area contributed by atoms with Gasteiger partial charge in [0.25, 0.3) is 0 Å². The largest absolute Gasteiger partial charge is 0.357 e. The molecule has 0 radical (unpaired) electrons. The number of nitrogens with zero attached hydrogens (tertiary/aromatic N) is 5. The van der Waals surface area contributed by atoms with Crippen molar-refractivity contribution in [2.24, 2.45) is 4.99 Å². The van der Waals surface area contributed by atoms with Crippen molar-refractivity contribution in [1.29, 1.82) is 0 Å². The maximum Gasteiger partial charge on any atom is 0.191 e. The minimum atomic E-state index is 0. The van der Waals surface area contributed by atoms with Crippen LogP contribution < -0.4 is 10.6 Å². The molecule has 0 amide bonds. The summed E-state index contributed by atoms with van der Waals surface area (Å²) in [5.41, 5.74) is 1.08. The molecular formula is C23H32IN7S. The number of pyridine rings is 1. The first-order valence-electron chi connectivity index (χ1n) is 11.0. The highest BCUT2D eigenvalue weighted by Crippen LogP contribution is 2.27. The van der Waals surface area contributed by atoms with Crippen molar-refractivity contribution in [3.63, 3.8) is 0 Å². The Morgan fingerprint density at radius 2 is 2.03 bits per heavy atom. The molecule has 1 unspecified atom stereocenters. The number of rotatable bonds is 8. The van der Waals surface area contributed by atoms with Crippen LogP contribution in [0.15, 0.2) is 53.2 Å². The Balaban J connectivity index is 0.00000289. The van der Waals surface area contributed by atoms with Crippen molar-refractivity contribution in [3.05, 3.63) is 64.5 Å². The summed E-state index contributed by atoms with van der Waals surface area (Å²) >= 11 is 1.84. The van der Waals surface area contributed by atoms with E-state index in [0.29, 0.717) is 12.6 Å². The summed E-state index contributed by atoms with van der Waals surface area (Å²) in [6, 6.07) is 8.87. The number of aromatic nitrogens is 3. The van der Waals surface area contributed by atoms with Crippen molar-refractivity contribution in [3.8, 4) is 5.82 Å². The van der Waals surface area contributed by atoms with Gasteiger partial charge in [0.15, 0.2) is 5.96 Å². The summed E-state index contributed by atoms with van der Waals surface area (Å²) in [5, 5.41) is 9.11. The number of aliphatic imine (C=N–C) groups is 1. The fourth-order valence-corrected chi connectivity index (χ4v) is 4.78. The third kappa shape index (κ3) is 6.29. The van der Waals surface area contributed by atoms with E-state index < -0.39 is 0 Å². The molecule has 1 aliphatic rings. The van der Waals surface area contributed by atoms with Crippen LogP contribution in [0.4, 0.5) is 0 Å². The minimum Gasteiger partial charge on any atom is -0.357 e. The molecule has 3 aromatic rings. The van der Waals surface area contributed by atoms with Gasteiger partial charge in [0.1, 0.15) is 11.6 Å². The van der Waals surface area contributed by atoms with Crippen LogP contribution >= 0.6 is 35.3 Å². The molecule has 4 heterocycles. The van der Waals surface area contributed by atoms with Crippen molar-refractivity contribution in [2.45, 2.75) is 39.3 Å². The molecule has 1 atom stereocenters. The van der Waals surface area contributed by atoms with E-state index in [1.54, 1.807) is 6.20 Å². The van der Waals surface area contributed by atoms with Crippen LogP contribution in [-0.2, 0) is 6.54 Å². The number of nitrogens with one attached hydrogen (secondary N) is 2. The third-order valence-electron chi connectivity index (χ3n) is 5.56. The second kappa shape index (κ2) is 12.3. The van der Waals surface area contributed by atoms with Crippen molar-refractivity contribution < 1.29 is 0 Å². The average Bonchev–Trinajstić information content (AvgIpc) is 3.56. The fraction of sp³-hybridized carbons (Fsp3) is 0.435. The van der Waals surface area contributed by atoms with E-state index in [-0.39, 0.29) is 24.0 Å².